The number of nitrogens with one attached hydrogen (secondary N) is 2. The maximum atomic E-state index is 6.03. The molecule has 20 heavy (non-hydrogen) atoms. The first-order valence-electron chi connectivity index (χ1n) is 6.18. The van der Waals surface area contributed by atoms with Crippen molar-refractivity contribution in [2.45, 2.75) is 6.42 Å². The molecule has 0 aliphatic heterocycles. The van der Waals surface area contributed by atoms with Crippen LogP contribution in [-0.4, -0.2) is 23.1 Å². The highest BCUT2D eigenvalue weighted by molar-refractivity contribution is 6.32. The third kappa shape index (κ3) is 4.23. The van der Waals surface area contributed by atoms with Crippen LogP contribution in [0.2, 0.25) is 10.0 Å². The minimum absolute atomic E-state index is 0.465. The van der Waals surface area contributed by atoms with Gasteiger partial charge in [0.1, 0.15) is 10.8 Å². The molecule has 0 aliphatic rings. The summed E-state index contributed by atoms with van der Waals surface area (Å²) < 4.78 is 0. The molecule has 5 nitrogen and oxygen atoms in total. The number of aromatic nitrogens is 2. The van der Waals surface area contributed by atoms with Crippen molar-refractivity contribution in [1.29, 1.82) is 0 Å². The molecule has 0 amide bonds. The van der Waals surface area contributed by atoms with Crippen LogP contribution in [-0.2, 0) is 0 Å². The van der Waals surface area contributed by atoms with Crippen molar-refractivity contribution in [2.75, 3.05) is 23.7 Å². The topological polar surface area (TPSA) is 75.9 Å². The molecule has 1 heterocycles. The fourth-order valence-corrected chi connectivity index (χ4v) is 1.81. The van der Waals surface area contributed by atoms with E-state index in [0.717, 1.165) is 12.1 Å². The number of anilines is 3. The van der Waals surface area contributed by atoms with E-state index in [0.29, 0.717) is 34.9 Å². The number of benzene rings is 1. The van der Waals surface area contributed by atoms with E-state index in [-0.39, 0.29) is 0 Å². The zero-order valence-electron chi connectivity index (χ0n) is 10.7. The summed E-state index contributed by atoms with van der Waals surface area (Å²) in [7, 11) is 0. The molecule has 0 spiro atoms. The van der Waals surface area contributed by atoms with Crippen LogP contribution in [0.25, 0.3) is 0 Å². The first-order valence-corrected chi connectivity index (χ1v) is 6.93. The number of hydrogen-bond donors (Lipinski definition) is 3. The molecule has 1 aromatic carbocycles. The lowest BCUT2D eigenvalue weighted by Crippen LogP contribution is -2.10. The number of hydrogen-bond acceptors (Lipinski definition) is 5. The van der Waals surface area contributed by atoms with Crippen LogP contribution < -0.4 is 16.4 Å². The molecule has 2 rings (SSSR count). The monoisotopic (exact) mass is 311 g/mol. The molecule has 0 aliphatic carbocycles. The fourth-order valence-electron chi connectivity index (χ4n) is 1.52. The predicted octanol–water partition coefficient (Wildman–Crippen LogP) is 3.29. The fraction of sp³-hybridized carbons (Fsp3) is 0.231. The SMILES string of the molecule is NCCCNc1nc(Nc2ccc(Cl)cc2)ncc1Cl. The van der Waals surface area contributed by atoms with Crippen LogP contribution in [0, 0.1) is 0 Å². The van der Waals surface area contributed by atoms with Crippen LogP contribution in [0.15, 0.2) is 30.5 Å². The predicted molar refractivity (Wildman–Crippen MR) is 83.9 cm³/mol. The molecule has 2 aromatic rings. The summed E-state index contributed by atoms with van der Waals surface area (Å²) in [6.45, 7) is 1.33. The Morgan fingerprint density at radius 1 is 1.15 bits per heavy atom. The average Bonchev–Trinajstić information content (AvgIpc) is 2.45. The third-order valence-electron chi connectivity index (χ3n) is 2.52. The van der Waals surface area contributed by atoms with Gasteiger partial charge in [-0.15, -0.1) is 0 Å². The smallest absolute Gasteiger partial charge is 0.229 e. The first-order chi connectivity index (χ1) is 9.69. The molecular formula is C13H15Cl2N5. The lowest BCUT2D eigenvalue weighted by atomic mass is 10.3. The minimum atomic E-state index is 0.465. The summed E-state index contributed by atoms with van der Waals surface area (Å²) >= 11 is 11.9. The molecule has 0 unspecified atom stereocenters. The number of nitrogens with zero attached hydrogens (tertiary/aromatic N) is 2. The summed E-state index contributed by atoms with van der Waals surface area (Å²) in [5, 5.41) is 7.36. The molecule has 0 saturated carbocycles. The van der Waals surface area contributed by atoms with E-state index < -0.39 is 0 Å². The Morgan fingerprint density at radius 2 is 1.90 bits per heavy atom. The summed E-state index contributed by atoms with van der Waals surface area (Å²) in [4.78, 5) is 8.46. The Balaban J connectivity index is 2.08. The summed E-state index contributed by atoms with van der Waals surface area (Å²) in [6, 6.07) is 7.28. The van der Waals surface area contributed by atoms with E-state index in [4.69, 9.17) is 28.9 Å². The largest absolute Gasteiger partial charge is 0.369 e. The van der Waals surface area contributed by atoms with Gasteiger partial charge in [-0.25, -0.2) is 4.98 Å². The van der Waals surface area contributed by atoms with Gasteiger partial charge in [-0.3, -0.25) is 0 Å². The zero-order chi connectivity index (χ0) is 14.4. The molecule has 4 N–H and O–H groups in total. The van der Waals surface area contributed by atoms with Gasteiger partial charge in [-0.1, -0.05) is 23.2 Å². The van der Waals surface area contributed by atoms with Crippen LogP contribution >= 0.6 is 23.2 Å². The summed E-state index contributed by atoms with van der Waals surface area (Å²) in [6.07, 6.45) is 2.40. The molecule has 0 atom stereocenters. The average molecular weight is 312 g/mol. The van der Waals surface area contributed by atoms with Crippen LogP contribution in [0.1, 0.15) is 6.42 Å². The molecule has 0 bridgehead atoms. The van der Waals surface area contributed by atoms with Crippen molar-refractivity contribution >= 4 is 40.7 Å². The Bertz CT molecular complexity index is 559. The number of rotatable bonds is 6. The second-order valence-corrected chi connectivity index (χ2v) is 4.93. The quantitative estimate of drug-likeness (QED) is 0.714. The highest BCUT2D eigenvalue weighted by Gasteiger charge is 2.05. The van der Waals surface area contributed by atoms with Crippen LogP contribution in [0.5, 0.6) is 0 Å². The van der Waals surface area contributed by atoms with Gasteiger partial charge >= 0.3 is 0 Å². The summed E-state index contributed by atoms with van der Waals surface area (Å²) in [5.41, 5.74) is 6.30. The van der Waals surface area contributed by atoms with E-state index in [1.807, 2.05) is 12.1 Å². The summed E-state index contributed by atoms with van der Waals surface area (Å²) in [5.74, 6) is 1.05. The molecular weight excluding hydrogens is 297 g/mol. The number of nitrogens with two attached hydrogens (primary N) is 1. The van der Waals surface area contributed by atoms with Crippen LogP contribution in [0.3, 0.4) is 0 Å². The van der Waals surface area contributed by atoms with Gasteiger partial charge in [0.15, 0.2) is 0 Å². The molecule has 0 saturated heterocycles. The van der Waals surface area contributed by atoms with Gasteiger partial charge in [0.2, 0.25) is 5.95 Å². The van der Waals surface area contributed by atoms with Crippen molar-refractivity contribution < 1.29 is 0 Å². The molecule has 0 radical (unpaired) electrons. The van der Waals surface area contributed by atoms with Gasteiger partial charge < -0.3 is 16.4 Å². The van der Waals surface area contributed by atoms with Gasteiger partial charge in [0.25, 0.3) is 0 Å². The van der Waals surface area contributed by atoms with Gasteiger partial charge in [0.05, 0.1) is 6.20 Å². The van der Waals surface area contributed by atoms with Gasteiger partial charge in [0, 0.05) is 17.3 Å². The van der Waals surface area contributed by atoms with E-state index in [9.17, 15) is 0 Å². The molecule has 7 heteroatoms. The maximum Gasteiger partial charge on any atom is 0.229 e. The molecule has 0 fully saturated rings. The van der Waals surface area contributed by atoms with Crippen molar-refractivity contribution in [3.05, 3.63) is 40.5 Å². The Labute approximate surface area is 127 Å². The van der Waals surface area contributed by atoms with Gasteiger partial charge in [-0.05, 0) is 37.2 Å². The van der Waals surface area contributed by atoms with Gasteiger partial charge in [-0.2, -0.15) is 4.98 Å². The molecule has 106 valence electrons. The van der Waals surface area contributed by atoms with Crippen LogP contribution in [0.4, 0.5) is 17.5 Å². The van der Waals surface area contributed by atoms with Crippen molar-refractivity contribution in [3.8, 4) is 0 Å². The minimum Gasteiger partial charge on any atom is -0.369 e. The lowest BCUT2D eigenvalue weighted by Gasteiger charge is -2.09. The molecule has 1 aromatic heterocycles. The first kappa shape index (κ1) is 14.8. The Hall–Kier alpha value is -1.56. The van der Waals surface area contributed by atoms with Crippen molar-refractivity contribution in [1.82, 2.24) is 9.97 Å². The Morgan fingerprint density at radius 3 is 2.60 bits per heavy atom. The second-order valence-electron chi connectivity index (χ2n) is 4.09. The van der Waals surface area contributed by atoms with Crippen molar-refractivity contribution in [3.63, 3.8) is 0 Å². The van der Waals surface area contributed by atoms with E-state index >= 15 is 0 Å². The zero-order valence-corrected chi connectivity index (χ0v) is 12.2. The third-order valence-corrected chi connectivity index (χ3v) is 3.05. The normalized spacial score (nSPS) is 10.3. The Kier molecular flexibility index (Phi) is 5.40. The van der Waals surface area contributed by atoms with E-state index in [2.05, 4.69) is 20.6 Å². The number of halogens is 2. The standard InChI is InChI=1S/C13H15Cl2N5/c14-9-2-4-10(5-3-9)19-13-18-8-11(15)12(20-13)17-7-1-6-16/h2-5,8H,1,6-7,16H2,(H2,17,18,19,20). The van der Waals surface area contributed by atoms with E-state index in [1.165, 1.54) is 0 Å². The van der Waals surface area contributed by atoms with Crippen molar-refractivity contribution in [2.24, 2.45) is 5.73 Å². The highest BCUT2D eigenvalue weighted by atomic mass is 35.5. The maximum absolute atomic E-state index is 6.03. The second kappa shape index (κ2) is 7.28. The van der Waals surface area contributed by atoms with E-state index in [1.54, 1.807) is 18.3 Å². The lowest BCUT2D eigenvalue weighted by molar-refractivity contribution is 0.869. The highest BCUT2D eigenvalue weighted by Crippen LogP contribution is 2.22.